The number of hydrogen-bond acceptors (Lipinski definition) is 2. The Morgan fingerprint density at radius 2 is 2.13 bits per heavy atom. The van der Waals surface area contributed by atoms with E-state index in [2.05, 4.69) is 40.3 Å². The van der Waals surface area contributed by atoms with Crippen molar-refractivity contribution in [2.45, 2.75) is 19.9 Å². The molecule has 0 unspecified atom stereocenters. The first-order valence-electron chi connectivity index (χ1n) is 7.99. The second-order valence-corrected chi connectivity index (χ2v) is 5.82. The van der Waals surface area contributed by atoms with Gasteiger partial charge >= 0.3 is 6.03 Å². The Morgan fingerprint density at radius 1 is 1.30 bits per heavy atom. The Labute approximate surface area is 135 Å². The highest BCUT2D eigenvalue weighted by atomic mass is 16.2. The molecule has 1 saturated heterocycles. The quantitative estimate of drug-likeness (QED) is 0.848. The highest BCUT2D eigenvalue weighted by Crippen LogP contribution is 2.19. The van der Waals surface area contributed by atoms with Gasteiger partial charge in [0.25, 0.3) is 0 Å². The second-order valence-electron chi connectivity index (χ2n) is 5.82. The van der Waals surface area contributed by atoms with Gasteiger partial charge in [-0.3, -0.25) is 4.79 Å². The van der Waals surface area contributed by atoms with E-state index in [0.29, 0.717) is 39.1 Å². The molecule has 0 atom stereocenters. The average molecular weight is 314 g/mol. The highest BCUT2D eigenvalue weighted by molar-refractivity contribution is 5.82. The lowest BCUT2D eigenvalue weighted by Crippen LogP contribution is -2.37. The van der Waals surface area contributed by atoms with Crippen LogP contribution in [0.1, 0.15) is 12.1 Å². The first kappa shape index (κ1) is 15.4. The van der Waals surface area contributed by atoms with E-state index in [4.69, 9.17) is 0 Å². The first-order valence-corrected chi connectivity index (χ1v) is 7.99. The van der Waals surface area contributed by atoms with Crippen LogP contribution in [0.4, 0.5) is 4.79 Å². The Kier molecular flexibility index (Phi) is 4.50. The van der Waals surface area contributed by atoms with Gasteiger partial charge in [0.05, 0.1) is 0 Å². The maximum Gasteiger partial charge on any atom is 0.317 e. The zero-order valence-electron chi connectivity index (χ0n) is 13.3. The summed E-state index contributed by atoms with van der Waals surface area (Å²) in [5.74, 6) is 0.0155. The van der Waals surface area contributed by atoms with E-state index in [9.17, 15) is 9.59 Å². The van der Waals surface area contributed by atoms with Gasteiger partial charge in [-0.1, -0.05) is 18.2 Å². The van der Waals surface area contributed by atoms with Crippen LogP contribution < -0.4 is 10.6 Å². The summed E-state index contributed by atoms with van der Waals surface area (Å²) in [4.78, 5) is 25.1. The van der Waals surface area contributed by atoms with Gasteiger partial charge in [-0.2, -0.15) is 0 Å². The molecule has 0 aliphatic carbocycles. The molecule has 1 fully saturated rings. The monoisotopic (exact) mass is 314 g/mol. The molecule has 1 aromatic heterocycles. The summed E-state index contributed by atoms with van der Waals surface area (Å²) < 4.78 is 2.17. The van der Waals surface area contributed by atoms with Gasteiger partial charge in [0.15, 0.2) is 0 Å². The minimum absolute atomic E-state index is 0.0155. The molecule has 2 aromatic rings. The minimum atomic E-state index is -0.0475. The van der Waals surface area contributed by atoms with Crippen molar-refractivity contribution in [3.8, 4) is 0 Å². The zero-order valence-corrected chi connectivity index (χ0v) is 13.3. The smallest absolute Gasteiger partial charge is 0.317 e. The van der Waals surface area contributed by atoms with Crippen LogP contribution in [0.3, 0.4) is 0 Å². The number of rotatable bonds is 6. The third-order valence-electron chi connectivity index (χ3n) is 4.23. The predicted octanol–water partition coefficient (Wildman–Crippen LogP) is 1.48. The van der Waals surface area contributed by atoms with E-state index in [-0.39, 0.29) is 11.9 Å². The number of carbonyl (C=O) groups excluding carboxylic acids is 2. The van der Waals surface area contributed by atoms with Gasteiger partial charge in [0.1, 0.15) is 0 Å². The van der Waals surface area contributed by atoms with Crippen molar-refractivity contribution in [1.82, 2.24) is 20.1 Å². The van der Waals surface area contributed by atoms with Crippen LogP contribution in [0.25, 0.3) is 10.9 Å². The number of amides is 3. The van der Waals surface area contributed by atoms with E-state index < -0.39 is 0 Å². The third kappa shape index (κ3) is 3.47. The third-order valence-corrected chi connectivity index (χ3v) is 4.23. The fraction of sp³-hybridized carbons (Fsp3) is 0.412. The Bertz CT molecular complexity index is 722. The Balaban J connectivity index is 1.48. The molecule has 3 amide bonds. The van der Waals surface area contributed by atoms with Gasteiger partial charge in [-0.05, 0) is 24.4 Å². The molecular weight excluding hydrogens is 292 g/mol. The van der Waals surface area contributed by atoms with Crippen LogP contribution >= 0.6 is 0 Å². The maximum atomic E-state index is 12.0. The summed E-state index contributed by atoms with van der Waals surface area (Å²) >= 11 is 0. The average Bonchev–Trinajstić information content (AvgIpc) is 3.08. The molecule has 1 aromatic carbocycles. The number of aryl methyl sites for hydroxylation is 2. The van der Waals surface area contributed by atoms with Gasteiger partial charge in [0, 0.05) is 50.4 Å². The molecule has 3 rings (SSSR count). The first-order chi connectivity index (χ1) is 11.1. The van der Waals surface area contributed by atoms with Crippen molar-refractivity contribution in [2.75, 3.05) is 26.2 Å². The standard InChI is InChI=1S/C17H22N4O2/c1-13-12-14-4-2-3-5-15(14)21(13)9-6-16(22)18-7-10-20-11-8-19-17(20)23/h2-5,12H,6-11H2,1H3,(H,18,22)(H,19,23). The molecule has 0 saturated carbocycles. The topological polar surface area (TPSA) is 66.4 Å². The van der Waals surface area contributed by atoms with Crippen LogP contribution in [0.15, 0.2) is 30.3 Å². The van der Waals surface area contributed by atoms with Crippen LogP contribution in [0, 0.1) is 6.92 Å². The molecule has 2 heterocycles. The highest BCUT2D eigenvalue weighted by Gasteiger charge is 2.18. The van der Waals surface area contributed by atoms with Crippen molar-refractivity contribution >= 4 is 22.8 Å². The summed E-state index contributed by atoms with van der Waals surface area (Å²) in [6, 6.07) is 10.3. The van der Waals surface area contributed by atoms with Crippen molar-refractivity contribution in [1.29, 1.82) is 0 Å². The number of fused-ring (bicyclic) bond motifs is 1. The molecule has 23 heavy (non-hydrogen) atoms. The van der Waals surface area contributed by atoms with Gasteiger partial charge < -0.3 is 20.1 Å². The lowest BCUT2D eigenvalue weighted by atomic mass is 10.2. The molecule has 6 heteroatoms. The zero-order chi connectivity index (χ0) is 16.2. The number of hydrogen-bond donors (Lipinski definition) is 2. The lowest BCUT2D eigenvalue weighted by Gasteiger charge is -2.14. The normalized spacial score (nSPS) is 14.3. The molecular formula is C17H22N4O2. The predicted molar refractivity (Wildman–Crippen MR) is 89.3 cm³/mol. The van der Waals surface area contributed by atoms with Crippen LogP contribution in [0.2, 0.25) is 0 Å². The SMILES string of the molecule is Cc1cc2ccccc2n1CCC(=O)NCCN1CCNC1=O. The van der Waals surface area contributed by atoms with E-state index in [0.717, 1.165) is 11.2 Å². The number of nitrogens with zero attached hydrogens (tertiary/aromatic N) is 2. The van der Waals surface area contributed by atoms with Gasteiger partial charge in [0.2, 0.25) is 5.91 Å². The second kappa shape index (κ2) is 6.73. The molecule has 122 valence electrons. The minimum Gasteiger partial charge on any atom is -0.354 e. The maximum absolute atomic E-state index is 12.0. The van der Waals surface area contributed by atoms with Crippen LogP contribution in [-0.4, -0.2) is 47.6 Å². The van der Waals surface area contributed by atoms with Crippen molar-refractivity contribution < 1.29 is 9.59 Å². The molecule has 0 bridgehead atoms. The van der Waals surface area contributed by atoms with Crippen molar-refractivity contribution in [3.05, 3.63) is 36.0 Å². The summed E-state index contributed by atoms with van der Waals surface area (Å²) in [5.41, 5.74) is 2.32. The fourth-order valence-corrected chi connectivity index (χ4v) is 3.00. The van der Waals surface area contributed by atoms with Crippen LogP contribution in [0.5, 0.6) is 0 Å². The number of urea groups is 1. The van der Waals surface area contributed by atoms with Crippen molar-refractivity contribution in [3.63, 3.8) is 0 Å². The van der Waals surface area contributed by atoms with Crippen LogP contribution in [-0.2, 0) is 11.3 Å². The summed E-state index contributed by atoms with van der Waals surface area (Å²) in [6.45, 7) is 5.18. The Hall–Kier alpha value is -2.50. The summed E-state index contributed by atoms with van der Waals surface area (Å²) in [7, 11) is 0. The Morgan fingerprint density at radius 3 is 2.91 bits per heavy atom. The lowest BCUT2D eigenvalue weighted by molar-refractivity contribution is -0.121. The van der Waals surface area contributed by atoms with Crippen molar-refractivity contribution in [2.24, 2.45) is 0 Å². The summed E-state index contributed by atoms with van der Waals surface area (Å²) in [6.07, 6.45) is 0.436. The summed E-state index contributed by atoms with van der Waals surface area (Å²) in [5, 5.41) is 6.83. The van der Waals surface area contributed by atoms with Gasteiger partial charge in [-0.25, -0.2) is 4.79 Å². The molecule has 1 aliphatic rings. The van der Waals surface area contributed by atoms with E-state index >= 15 is 0 Å². The molecule has 1 aliphatic heterocycles. The number of nitrogens with one attached hydrogen (secondary N) is 2. The number of para-hydroxylation sites is 1. The molecule has 6 nitrogen and oxygen atoms in total. The number of benzene rings is 1. The fourth-order valence-electron chi connectivity index (χ4n) is 3.00. The van der Waals surface area contributed by atoms with E-state index in [1.807, 2.05) is 12.1 Å². The molecule has 0 radical (unpaired) electrons. The number of carbonyl (C=O) groups is 2. The molecule has 0 spiro atoms. The van der Waals surface area contributed by atoms with E-state index in [1.165, 1.54) is 5.39 Å². The van der Waals surface area contributed by atoms with E-state index in [1.54, 1.807) is 4.90 Å². The van der Waals surface area contributed by atoms with Gasteiger partial charge in [-0.15, -0.1) is 0 Å². The molecule has 2 N–H and O–H groups in total. The largest absolute Gasteiger partial charge is 0.354 e. The number of aromatic nitrogens is 1.